The second-order valence-corrected chi connectivity index (χ2v) is 4.45. The molecule has 18 heavy (non-hydrogen) atoms. The number of carbonyl (C=O) groups excluding carboxylic acids is 1. The van der Waals surface area contributed by atoms with Gasteiger partial charge >= 0.3 is 5.97 Å². The molecule has 0 amide bonds. The molecule has 1 aromatic heterocycles. The third-order valence-electron chi connectivity index (χ3n) is 2.00. The Kier molecular flexibility index (Phi) is 5.63. The number of hydrogen-bond donors (Lipinski definition) is 1. The van der Waals surface area contributed by atoms with E-state index in [1.807, 2.05) is 0 Å². The van der Waals surface area contributed by atoms with E-state index in [0.717, 1.165) is 4.88 Å². The Balaban J connectivity index is 2.56. The molecule has 0 saturated heterocycles. The molecule has 0 bridgehead atoms. The summed E-state index contributed by atoms with van der Waals surface area (Å²) in [6, 6.07) is 3.44. The van der Waals surface area contributed by atoms with Crippen LogP contribution in [0.4, 0.5) is 0 Å². The van der Waals surface area contributed by atoms with Gasteiger partial charge in [0.1, 0.15) is 0 Å². The number of ketones is 1. The van der Waals surface area contributed by atoms with Crippen molar-refractivity contribution >= 4 is 29.2 Å². The number of carbonyl (C=O) groups is 2. The minimum absolute atomic E-state index is 0.0116. The van der Waals surface area contributed by atoms with Crippen molar-refractivity contribution in [3.63, 3.8) is 0 Å². The van der Waals surface area contributed by atoms with E-state index >= 15 is 0 Å². The lowest BCUT2D eigenvalue weighted by atomic mass is 10.2. The fraction of sp³-hybridized carbons (Fsp3) is 0.273. The first-order chi connectivity index (χ1) is 8.63. The number of aliphatic carboxylic acids is 1. The van der Waals surface area contributed by atoms with Gasteiger partial charge in [0.25, 0.3) is 0 Å². The first-order valence-corrected chi connectivity index (χ1v) is 5.97. The Hall–Kier alpha value is -2.11. The molecule has 0 atom stereocenters. The van der Waals surface area contributed by atoms with E-state index in [2.05, 4.69) is 10.0 Å². The second kappa shape index (κ2) is 7.26. The molecule has 1 rings (SSSR count). The quantitative estimate of drug-likeness (QED) is 0.354. The van der Waals surface area contributed by atoms with Crippen molar-refractivity contribution in [1.82, 2.24) is 0 Å². The highest BCUT2D eigenvalue weighted by molar-refractivity contribution is 7.14. The topological polar surface area (TPSA) is 103 Å². The molecule has 0 aliphatic rings. The van der Waals surface area contributed by atoms with Gasteiger partial charge in [-0.05, 0) is 23.7 Å². The molecule has 0 radical (unpaired) electrons. The van der Waals surface area contributed by atoms with Gasteiger partial charge in [-0.25, -0.2) is 0 Å². The third kappa shape index (κ3) is 4.82. The summed E-state index contributed by atoms with van der Waals surface area (Å²) in [5, 5.41) is 11.8. The number of carboxylic acids is 1. The summed E-state index contributed by atoms with van der Waals surface area (Å²) in [6.45, 7) is 0.261. The largest absolute Gasteiger partial charge is 0.481 e. The summed E-state index contributed by atoms with van der Waals surface area (Å²) in [6.07, 6.45) is 3.31. The molecule has 0 aliphatic heterocycles. The van der Waals surface area contributed by atoms with E-state index in [1.54, 1.807) is 24.3 Å². The van der Waals surface area contributed by atoms with E-state index in [4.69, 9.17) is 10.6 Å². The van der Waals surface area contributed by atoms with Crippen LogP contribution in [-0.2, 0) is 4.79 Å². The van der Waals surface area contributed by atoms with Gasteiger partial charge in [0, 0.05) is 22.8 Å². The predicted molar refractivity (Wildman–Crippen MR) is 68.6 cm³/mol. The van der Waals surface area contributed by atoms with Crippen molar-refractivity contribution in [1.29, 1.82) is 0 Å². The van der Waals surface area contributed by atoms with E-state index in [0.29, 0.717) is 4.88 Å². The third-order valence-corrected chi connectivity index (χ3v) is 3.09. The summed E-state index contributed by atoms with van der Waals surface area (Å²) >= 11 is 1.29. The fourth-order valence-electron chi connectivity index (χ4n) is 1.19. The highest BCUT2D eigenvalue weighted by atomic mass is 32.1. The van der Waals surface area contributed by atoms with Gasteiger partial charge in [0.05, 0.1) is 11.3 Å². The van der Waals surface area contributed by atoms with Crippen molar-refractivity contribution in [3.05, 3.63) is 38.4 Å². The lowest BCUT2D eigenvalue weighted by Gasteiger charge is -1.93. The number of Topliss-reactive ketones (excluding diaryl/α,β-unsaturated/α-hetero) is 1. The maximum Gasteiger partial charge on any atom is 0.303 e. The Bertz CT molecular complexity index is 515. The molecule has 0 fully saturated rings. The predicted octanol–water partition coefficient (Wildman–Crippen LogP) is 3.12. The van der Waals surface area contributed by atoms with E-state index in [9.17, 15) is 9.59 Å². The molecule has 6 nitrogen and oxygen atoms in total. The van der Waals surface area contributed by atoms with Crippen LogP contribution in [0.25, 0.3) is 16.5 Å². The highest BCUT2D eigenvalue weighted by Crippen LogP contribution is 2.20. The van der Waals surface area contributed by atoms with E-state index in [1.165, 1.54) is 11.3 Å². The van der Waals surface area contributed by atoms with Crippen molar-refractivity contribution in [2.24, 2.45) is 5.11 Å². The van der Waals surface area contributed by atoms with Crippen LogP contribution in [-0.4, -0.2) is 23.4 Å². The number of azide groups is 1. The van der Waals surface area contributed by atoms with Gasteiger partial charge in [0.15, 0.2) is 5.78 Å². The minimum atomic E-state index is -0.977. The molecule has 1 heterocycles. The molecule has 94 valence electrons. The summed E-state index contributed by atoms with van der Waals surface area (Å²) in [7, 11) is 0. The molecule has 0 unspecified atom stereocenters. The Morgan fingerprint density at radius 3 is 2.89 bits per heavy atom. The number of thiophene rings is 1. The molecule has 1 N–H and O–H groups in total. The standard InChI is InChI=1S/C11H11N3O3S/c12-14-13-7-1-2-8-3-5-10(18-8)9(15)4-6-11(16)17/h1-3,5H,4,6-7H2,(H,16,17). The summed E-state index contributed by atoms with van der Waals surface area (Å²) in [4.78, 5) is 26.0. The van der Waals surface area contributed by atoms with Gasteiger partial charge in [-0.2, -0.15) is 0 Å². The monoisotopic (exact) mass is 265 g/mol. The molecule has 0 saturated carbocycles. The number of nitrogens with zero attached hydrogens (tertiary/aromatic N) is 3. The van der Waals surface area contributed by atoms with Crippen LogP contribution in [0.1, 0.15) is 27.4 Å². The molecule has 1 aromatic rings. The van der Waals surface area contributed by atoms with Gasteiger partial charge < -0.3 is 5.11 Å². The van der Waals surface area contributed by atoms with Crippen LogP contribution in [0.15, 0.2) is 23.3 Å². The normalized spacial score (nSPS) is 10.2. The number of hydrogen-bond acceptors (Lipinski definition) is 4. The van der Waals surface area contributed by atoms with Gasteiger partial charge in [-0.15, -0.1) is 11.3 Å². The van der Waals surface area contributed by atoms with Crippen LogP contribution in [0.3, 0.4) is 0 Å². The van der Waals surface area contributed by atoms with Crippen LogP contribution in [0, 0.1) is 0 Å². The smallest absolute Gasteiger partial charge is 0.303 e. The lowest BCUT2D eigenvalue weighted by Crippen LogP contribution is -2.01. The lowest BCUT2D eigenvalue weighted by molar-refractivity contribution is -0.136. The summed E-state index contributed by atoms with van der Waals surface area (Å²) in [5.41, 5.74) is 8.08. The van der Waals surface area contributed by atoms with Gasteiger partial charge in [-0.3, -0.25) is 9.59 Å². The average molecular weight is 265 g/mol. The zero-order chi connectivity index (χ0) is 13.4. The zero-order valence-corrected chi connectivity index (χ0v) is 10.3. The van der Waals surface area contributed by atoms with Crippen molar-refractivity contribution in [2.45, 2.75) is 12.8 Å². The minimum Gasteiger partial charge on any atom is -0.481 e. The molecule has 0 spiro atoms. The Morgan fingerprint density at radius 1 is 1.44 bits per heavy atom. The maximum absolute atomic E-state index is 11.6. The number of rotatable bonds is 7. The van der Waals surface area contributed by atoms with Gasteiger partial charge in [-0.1, -0.05) is 11.2 Å². The zero-order valence-electron chi connectivity index (χ0n) is 9.44. The number of carboxylic acid groups (broad SMARTS) is 1. The van der Waals surface area contributed by atoms with Crippen LogP contribution < -0.4 is 0 Å². The Labute approximate surface area is 107 Å². The van der Waals surface area contributed by atoms with Crippen LogP contribution in [0.5, 0.6) is 0 Å². The maximum atomic E-state index is 11.6. The molecule has 0 aliphatic carbocycles. The highest BCUT2D eigenvalue weighted by Gasteiger charge is 2.10. The first-order valence-electron chi connectivity index (χ1n) is 5.15. The Morgan fingerprint density at radius 2 is 2.22 bits per heavy atom. The van der Waals surface area contributed by atoms with Crippen molar-refractivity contribution in [2.75, 3.05) is 6.54 Å². The first kappa shape index (κ1) is 14.0. The average Bonchev–Trinajstić information content (AvgIpc) is 2.80. The second-order valence-electron chi connectivity index (χ2n) is 3.33. The SMILES string of the molecule is [N-]=[N+]=NCC=Cc1ccc(C(=O)CCC(=O)O)s1. The molecular formula is C11H11N3O3S. The van der Waals surface area contributed by atoms with Crippen LogP contribution in [0.2, 0.25) is 0 Å². The summed E-state index contributed by atoms with van der Waals surface area (Å²) < 4.78 is 0. The fourth-order valence-corrected chi connectivity index (χ4v) is 2.09. The molecule has 0 aromatic carbocycles. The van der Waals surface area contributed by atoms with Crippen molar-refractivity contribution in [3.8, 4) is 0 Å². The van der Waals surface area contributed by atoms with Crippen molar-refractivity contribution < 1.29 is 14.7 Å². The molecular weight excluding hydrogens is 254 g/mol. The van der Waals surface area contributed by atoms with Crippen LogP contribution >= 0.6 is 11.3 Å². The molecule has 7 heteroatoms. The summed E-state index contributed by atoms with van der Waals surface area (Å²) in [5.74, 6) is -1.15. The van der Waals surface area contributed by atoms with E-state index < -0.39 is 5.97 Å². The van der Waals surface area contributed by atoms with Gasteiger partial charge in [0.2, 0.25) is 0 Å². The van der Waals surface area contributed by atoms with E-state index in [-0.39, 0.29) is 25.2 Å².